The third-order valence-electron chi connectivity index (χ3n) is 3.91. The molecule has 0 radical (unpaired) electrons. The van der Waals surface area contributed by atoms with Crippen molar-refractivity contribution in [1.29, 1.82) is 0 Å². The Kier molecular flexibility index (Phi) is 6.02. The summed E-state index contributed by atoms with van der Waals surface area (Å²) >= 11 is 0. The van der Waals surface area contributed by atoms with Gasteiger partial charge in [0, 0.05) is 25.7 Å². The van der Waals surface area contributed by atoms with Crippen LogP contribution in [0.15, 0.2) is 24.3 Å². The van der Waals surface area contributed by atoms with Gasteiger partial charge in [0.25, 0.3) is 5.91 Å². The number of hydrogen-bond acceptors (Lipinski definition) is 4. The van der Waals surface area contributed by atoms with Crippen LogP contribution in [0.25, 0.3) is 0 Å². The lowest BCUT2D eigenvalue weighted by atomic mass is 9.91. The largest absolute Gasteiger partial charge is 0.484 e. The van der Waals surface area contributed by atoms with E-state index in [0.29, 0.717) is 31.3 Å². The number of nitrogens with two attached hydrogens (primary N) is 1. The van der Waals surface area contributed by atoms with Gasteiger partial charge in [-0.3, -0.25) is 4.79 Å². The van der Waals surface area contributed by atoms with E-state index in [-0.39, 0.29) is 19.1 Å². The smallest absolute Gasteiger partial charge is 0.260 e. The molecule has 0 aromatic heterocycles. The Morgan fingerprint density at radius 3 is 2.57 bits per heavy atom. The van der Waals surface area contributed by atoms with Gasteiger partial charge in [-0.2, -0.15) is 0 Å². The molecule has 1 aromatic rings. The van der Waals surface area contributed by atoms with Crippen molar-refractivity contribution in [2.45, 2.75) is 38.3 Å². The number of rotatable bonds is 8. The van der Waals surface area contributed by atoms with E-state index in [2.05, 4.69) is 0 Å². The first-order valence-corrected chi connectivity index (χ1v) is 7.56. The topological polar surface area (TPSA) is 75.8 Å². The van der Waals surface area contributed by atoms with Gasteiger partial charge in [0.1, 0.15) is 5.75 Å². The summed E-state index contributed by atoms with van der Waals surface area (Å²) in [5, 5.41) is 8.95. The van der Waals surface area contributed by atoms with E-state index in [9.17, 15) is 4.79 Å². The van der Waals surface area contributed by atoms with Crippen molar-refractivity contribution in [2.75, 3.05) is 19.8 Å². The SMILES string of the molecule is NCc1ccc(OCC(=O)N(CCCO)C2CCC2)cc1. The molecular formula is C16H24N2O3. The molecule has 0 spiro atoms. The molecule has 1 aromatic carbocycles. The zero-order chi connectivity index (χ0) is 15.1. The standard InChI is InChI=1S/C16H24N2O3/c17-11-13-5-7-15(8-6-13)21-12-16(20)18(9-2-10-19)14-3-1-4-14/h5-8,14,19H,1-4,9-12,17H2. The third kappa shape index (κ3) is 4.44. The second kappa shape index (κ2) is 8.00. The minimum Gasteiger partial charge on any atom is -0.484 e. The molecule has 5 heteroatoms. The van der Waals surface area contributed by atoms with Crippen LogP contribution in [0.3, 0.4) is 0 Å². The first kappa shape index (κ1) is 15.8. The van der Waals surface area contributed by atoms with Gasteiger partial charge in [0.05, 0.1) is 0 Å². The van der Waals surface area contributed by atoms with E-state index < -0.39 is 0 Å². The zero-order valence-corrected chi connectivity index (χ0v) is 12.3. The average molecular weight is 292 g/mol. The molecule has 0 aliphatic heterocycles. The molecule has 1 aliphatic carbocycles. The summed E-state index contributed by atoms with van der Waals surface area (Å²) < 4.78 is 5.55. The first-order chi connectivity index (χ1) is 10.2. The average Bonchev–Trinajstić information content (AvgIpc) is 2.47. The predicted molar refractivity (Wildman–Crippen MR) is 80.9 cm³/mol. The summed E-state index contributed by atoms with van der Waals surface area (Å²) in [6.45, 7) is 1.26. The highest BCUT2D eigenvalue weighted by Crippen LogP contribution is 2.25. The molecule has 0 atom stereocenters. The second-order valence-electron chi connectivity index (χ2n) is 5.39. The van der Waals surface area contributed by atoms with E-state index in [0.717, 1.165) is 18.4 Å². The second-order valence-corrected chi connectivity index (χ2v) is 5.39. The fourth-order valence-electron chi connectivity index (χ4n) is 2.40. The summed E-state index contributed by atoms with van der Waals surface area (Å²) in [5.41, 5.74) is 6.58. The number of carbonyl (C=O) groups is 1. The Labute approximate surface area is 125 Å². The lowest BCUT2D eigenvalue weighted by molar-refractivity contribution is -0.137. The van der Waals surface area contributed by atoms with E-state index >= 15 is 0 Å². The number of ether oxygens (including phenoxy) is 1. The lowest BCUT2D eigenvalue weighted by Gasteiger charge is -2.37. The molecule has 0 saturated heterocycles. The number of aliphatic hydroxyl groups excluding tert-OH is 1. The van der Waals surface area contributed by atoms with Gasteiger partial charge in [-0.25, -0.2) is 0 Å². The van der Waals surface area contributed by atoms with Crippen LogP contribution in [-0.4, -0.2) is 41.7 Å². The minimum atomic E-state index is -0.00366. The molecule has 1 fully saturated rings. The number of hydrogen-bond donors (Lipinski definition) is 2. The molecule has 0 bridgehead atoms. The molecule has 21 heavy (non-hydrogen) atoms. The molecule has 0 heterocycles. The lowest BCUT2D eigenvalue weighted by Crippen LogP contribution is -2.46. The monoisotopic (exact) mass is 292 g/mol. The van der Waals surface area contributed by atoms with E-state index in [1.807, 2.05) is 29.2 Å². The zero-order valence-electron chi connectivity index (χ0n) is 12.3. The summed E-state index contributed by atoms with van der Waals surface area (Å²) in [6.07, 6.45) is 3.91. The highest BCUT2D eigenvalue weighted by atomic mass is 16.5. The Balaban J connectivity index is 1.85. The van der Waals surface area contributed by atoms with Crippen LogP contribution in [0.5, 0.6) is 5.75 Å². The van der Waals surface area contributed by atoms with Crippen molar-refractivity contribution in [1.82, 2.24) is 4.90 Å². The maximum atomic E-state index is 12.3. The van der Waals surface area contributed by atoms with Crippen LogP contribution >= 0.6 is 0 Å². The molecule has 3 N–H and O–H groups in total. The van der Waals surface area contributed by atoms with Gasteiger partial charge in [-0.1, -0.05) is 12.1 Å². The van der Waals surface area contributed by atoms with Crippen molar-refractivity contribution in [3.8, 4) is 5.75 Å². The van der Waals surface area contributed by atoms with Crippen LogP contribution in [0.4, 0.5) is 0 Å². The summed E-state index contributed by atoms with van der Waals surface area (Å²) in [6, 6.07) is 7.78. The van der Waals surface area contributed by atoms with Crippen LogP contribution in [-0.2, 0) is 11.3 Å². The van der Waals surface area contributed by atoms with Gasteiger partial charge in [-0.05, 0) is 43.4 Å². The first-order valence-electron chi connectivity index (χ1n) is 7.56. The number of amides is 1. The fourth-order valence-corrected chi connectivity index (χ4v) is 2.40. The maximum absolute atomic E-state index is 12.3. The Hall–Kier alpha value is -1.59. The molecule has 1 aliphatic rings. The van der Waals surface area contributed by atoms with Crippen molar-refractivity contribution in [2.24, 2.45) is 5.73 Å². The Morgan fingerprint density at radius 2 is 2.05 bits per heavy atom. The predicted octanol–water partition coefficient (Wildman–Crippen LogP) is 1.29. The highest BCUT2D eigenvalue weighted by Gasteiger charge is 2.28. The van der Waals surface area contributed by atoms with Crippen LogP contribution < -0.4 is 10.5 Å². The van der Waals surface area contributed by atoms with E-state index in [1.54, 1.807) is 0 Å². The van der Waals surface area contributed by atoms with Crippen molar-refractivity contribution in [3.05, 3.63) is 29.8 Å². The summed E-state index contributed by atoms with van der Waals surface area (Å²) in [5.74, 6) is 0.673. The number of aliphatic hydroxyl groups is 1. The van der Waals surface area contributed by atoms with Crippen molar-refractivity contribution >= 4 is 5.91 Å². The molecule has 116 valence electrons. The van der Waals surface area contributed by atoms with E-state index in [4.69, 9.17) is 15.6 Å². The Morgan fingerprint density at radius 1 is 1.33 bits per heavy atom. The van der Waals surface area contributed by atoms with Crippen LogP contribution in [0.2, 0.25) is 0 Å². The molecule has 2 rings (SSSR count). The van der Waals surface area contributed by atoms with Gasteiger partial charge in [0.15, 0.2) is 6.61 Å². The fraction of sp³-hybridized carbons (Fsp3) is 0.562. The number of nitrogens with zero attached hydrogens (tertiary/aromatic N) is 1. The van der Waals surface area contributed by atoms with Crippen LogP contribution in [0, 0.1) is 0 Å². The van der Waals surface area contributed by atoms with Crippen LogP contribution in [0.1, 0.15) is 31.2 Å². The van der Waals surface area contributed by atoms with Crippen molar-refractivity contribution in [3.63, 3.8) is 0 Å². The van der Waals surface area contributed by atoms with Gasteiger partial charge in [0.2, 0.25) is 0 Å². The van der Waals surface area contributed by atoms with Crippen molar-refractivity contribution < 1.29 is 14.6 Å². The number of benzene rings is 1. The van der Waals surface area contributed by atoms with Gasteiger partial charge in [-0.15, -0.1) is 0 Å². The molecule has 1 amide bonds. The highest BCUT2D eigenvalue weighted by molar-refractivity contribution is 5.78. The molecule has 0 unspecified atom stereocenters. The minimum absolute atomic E-state index is 0.00366. The molecule has 1 saturated carbocycles. The normalized spacial score (nSPS) is 14.6. The third-order valence-corrected chi connectivity index (χ3v) is 3.91. The van der Waals surface area contributed by atoms with Gasteiger partial charge < -0.3 is 20.5 Å². The molecular weight excluding hydrogens is 268 g/mol. The van der Waals surface area contributed by atoms with E-state index in [1.165, 1.54) is 6.42 Å². The summed E-state index contributed by atoms with van der Waals surface area (Å²) in [4.78, 5) is 14.1. The van der Waals surface area contributed by atoms with Gasteiger partial charge >= 0.3 is 0 Å². The Bertz CT molecular complexity index is 443. The summed E-state index contributed by atoms with van der Waals surface area (Å²) in [7, 11) is 0. The number of carbonyl (C=O) groups excluding carboxylic acids is 1. The quantitative estimate of drug-likeness (QED) is 0.757. The maximum Gasteiger partial charge on any atom is 0.260 e. The molecule has 5 nitrogen and oxygen atoms in total.